The summed E-state index contributed by atoms with van der Waals surface area (Å²) in [5.74, 6) is 0.473. The first-order chi connectivity index (χ1) is 12.2. The van der Waals surface area contributed by atoms with Crippen molar-refractivity contribution in [3.63, 3.8) is 0 Å². The fourth-order valence-electron chi connectivity index (χ4n) is 2.75. The smallest absolute Gasteiger partial charge is 0.297 e. The van der Waals surface area contributed by atoms with Crippen molar-refractivity contribution in [1.82, 2.24) is 9.55 Å². The third-order valence-electron chi connectivity index (χ3n) is 4.08. The normalized spacial score (nSPS) is 11.1. The van der Waals surface area contributed by atoms with Crippen molar-refractivity contribution in [3.8, 4) is 5.75 Å². The molecule has 0 unspecified atom stereocenters. The van der Waals surface area contributed by atoms with E-state index in [-0.39, 0.29) is 23.5 Å². The van der Waals surface area contributed by atoms with Crippen LogP contribution >= 0.6 is 0 Å². The molecule has 0 fully saturated rings. The van der Waals surface area contributed by atoms with Gasteiger partial charge in [-0.2, -0.15) is 0 Å². The van der Waals surface area contributed by atoms with Crippen molar-refractivity contribution in [3.05, 3.63) is 70.8 Å². The Kier molecular flexibility index (Phi) is 3.57. The Morgan fingerprint density at radius 3 is 2.68 bits per heavy atom. The number of benzene rings is 2. The number of Topliss-reactive ketones (excluding diaryl/α,β-unsaturated/α-hetero) is 1. The predicted octanol–water partition coefficient (Wildman–Crippen LogP) is 3.03. The van der Waals surface area contributed by atoms with Crippen LogP contribution in [-0.4, -0.2) is 22.4 Å². The highest BCUT2D eigenvalue weighted by Crippen LogP contribution is 2.24. The van der Waals surface area contributed by atoms with E-state index in [1.807, 2.05) is 18.2 Å². The summed E-state index contributed by atoms with van der Waals surface area (Å²) in [6.07, 6.45) is 1.38. The molecule has 2 aromatic heterocycles. The summed E-state index contributed by atoms with van der Waals surface area (Å²) in [5, 5.41) is 0.781. The number of fused-ring (bicyclic) bond motifs is 3. The number of carbonyl (C=O) groups is 1. The topological polar surface area (TPSA) is 74.3 Å². The number of ketones is 1. The molecule has 4 rings (SSSR count). The van der Waals surface area contributed by atoms with Crippen LogP contribution in [0.5, 0.6) is 5.75 Å². The van der Waals surface area contributed by atoms with Gasteiger partial charge in [0.2, 0.25) is 5.58 Å². The van der Waals surface area contributed by atoms with Gasteiger partial charge in [-0.1, -0.05) is 12.1 Å². The summed E-state index contributed by atoms with van der Waals surface area (Å²) >= 11 is 0. The van der Waals surface area contributed by atoms with Crippen LogP contribution in [0.3, 0.4) is 0 Å². The number of para-hydroxylation sites is 1. The van der Waals surface area contributed by atoms with Crippen LogP contribution in [0.2, 0.25) is 0 Å². The average molecular weight is 334 g/mol. The lowest BCUT2D eigenvalue weighted by atomic mass is 10.1. The summed E-state index contributed by atoms with van der Waals surface area (Å²) in [7, 11) is 1.56. The molecule has 0 aliphatic carbocycles. The van der Waals surface area contributed by atoms with Crippen LogP contribution in [0, 0.1) is 0 Å². The average Bonchev–Trinajstić information content (AvgIpc) is 3.03. The van der Waals surface area contributed by atoms with Crippen LogP contribution in [0.1, 0.15) is 10.4 Å². The van der Waals surface area contributed by atoms with E-state index in [0.29, 0.717) is 22.4 Å². The zero-order valence-corrected chi connectivity index (χ0v) is 13.4. The molecule has 25 heavy (non-hydrogen) atoms. The lowest BCUT2D eigenvalue weighted by molar-refractivity contribution is 0.0970. The monoisotopic (exact) mass is 334 g/mol. The molecule has 0 amide bonds. The minimum Gasteiger partial charge on any atom is -0.497 e. The molecule has 0 aliphatic rings. The Balaban J connectivity index is 1.71. The standard InChI is InChI=1S/C19H14N2O4/c1-24-13-8-6-12(7-9-13)15(22)10-21-11-20-17-14-4-2-3-5-16(14)25-18(17)19(21)23/h2-9,11H,10H2,1H3. The van der Waals surface area contributed by atoms with Crippen molar-refractivity contribution in [2.24, 2.45) is 0 Å². The Bertz CT molecular complexity index is 1140. The molecular formula is C19H14N2O4. The summed E-state index contributed by atoms with van der Waals surface area (Å²) < 4.78 is 12.0. The Labute approximate surface area is 142 Å². The van der Waals surface area contributed by atoms with Crippen molar-refractivity contribution >= 4 is 27.9 Å². The molecule has 0 aliphatic heterocycles. The number of furan rings is 1. The molecule has 0 N–H and O–H groups in total. The number of nitrogens with zero attached hydrogens (tertiary/aromatic N) is 2. The lowest BCUT2D eigenvalue weighted by Crippen LogP contribution is -2.24. The van der Waals surface area contributed by atoms with Crippen LogP contribution in [-0.2, 0) is 6.54 Å². The van der Waals surface area contributed by atoms with Crippen LogP contribution in [0.4, 0.5) is 0 Å². The fraction of sp³-hybridized carbons (Fsp3) is 0.105. The summed E-state index contributed by atoms with van der Waals surface area (Å²) in [6.45, 7) is -0.106. The van der Waals surface area contributed by atoms with Crippen LogP contribution < -0.4 is 10.3 Å². The number of hydrogen-bond donors (Lipinski definition) is 0. The van der Waals surface area contributed by atoms with E-state index >= 15 is 0 Å². The number of carbonyl (C=O) groups excluding carboxylic acids is 1. The highest BCUT2D eigenvalue weighted by molar-refractivity contribution is 6.02. The Morgan fingerprint density at radius 2 is 1.92 bits per heavy atom. The zero-order valence-electron chi connectivity index (χ0n) is 13.4. The predicted molar refractivity (Wildman–Crippen MR) is 93.1 cm³/mol. The molecule has 124 valence electrons. The van der Waals surface area contributed by atoms with Gasteiger partial charge in [0.05, 0.1) is 20.0 Å². The van der Waals surface area contributed by atoms with Crippen molar-refractivity contribution in [2.75, 3.05) is 7.11 Å². The number of aromatic nitrogens is 2. The van der Waals surface area contributed by atoms with E-state index in [1.54, 1.807) is 37.4 Å². The van der Waals surface area contributed by atoms with Gasteiger partial charge in [-0.25, -0.2) is 4.98 Å². The van der Waals surface area contributed by atoms with E-state index in [0.717, 1.165) is 5.39 Å². The molecule has 0 spiro atoms. The molecule has 4 aromatic rings. The number of rotatable bonds is 4. The van der Waals surface area contributed by atoms with Gasteiger partial charge in [0.1, 0.15) is 16.8 Å². The molecule has 0 radical (unpaired) electrons. The summed E-state index contributed by atoms with van der Waals surface area (Å²) in [5.41, 5.74) is 1.39. The second-order valence-electron chi connectivity index (χ2n) is 5.61. The summed E-state index contributed by atoms with van der Waals surface area (Å²) in [6, 6.07) is 14.1. The van der Waals surface area contributed by atoms with Crippen molar-refractivity contribution < 1.29 is 13.9 Å². The fourth-order valence-corrected chi connectivity index (χ4v) is 2.75. The minimum atomic E-state index is -0.372. The highest BCUT2D eigenvalue weighted by atomic mass is 16.5. The van der Waals surface area contributed by atoms with Crippen LogP contribution in [0.25, 0.3) is 22.1 Å². The molecule has 6 heteroatoms. The maximum Gasteiger partial charge on any atom is 0.297 e. The lowest BCUT2D eigenvalue weighted by Gasteiger charge is -2.05. The zero-order chi connectivity index (χ0) is 17.4. The van der Waals surface area contributed by atoms with Crippen molar-refractivity contribution in [1.29, 1.82) is 0 Å². The second kappa shape index (κ2) is 5.90. The van der Waals surface area contributed by atoms with Gasteiger partial charge >= 0.3 is 0 Å². The maximum absolute atomic E-state index is 12.6. The highest BCUT2D eigenvalue weighted by Gasteiger charge is 2.15. The van der Waals surface area contributed by atoms with Crippen LogP contribution in [0.15, 0.2) is 64.1 Å². The SMILES string of the molecule is COc1ccc(C(=O)Cn2cnc3c(oc4ccccc43)c2=O)cc1. The third kappa shape index (κ3) is 2.57. The molecular weight excluding hydrogens is 320 g/mol. The van der Waals surface area contributed by atoms with Gasteiger partial charge in [-0.15, -0.1) is 0 Å². The first kappa shape index (κ1) is 15.1. The van der Waals surface area contributed by atoms with E-state index in [2.05, 4.69) is 4.98 Å². The minimum absolute atomic E-state index is 0.106. The van der Waals surface area contributed by atoms with E-state index < -0.39 is 0 Å². The number of hydrogen-bond acceptors (Lipinski definition) is 5. The van der Waals surface area contributed by atoms with Gasteiger partial charge in [-0.3, -0.25) is 14.2 Å². The second-order valence-corrected chi connectivity index (χ2v) is 5.61. The maximum atomic E-state index is 12.6. The summed E-state index contributed by atoms with van der Waals surface area (Å²) in [4.78, 5) is 29.3. The van der Waals surface area contributed by atoms with Gasteiger partial charge in [0.15, 0.2) is 5.78 Å². The molecule has 2 heterocycles. The molecule has 2 aromatic carbocycles. The Morgan fingerprint density at radius 1 is 1.16 bits per heavy atom. The van der Waals surface area contributed by atoms with Gasteiger partial charge in [0, 0.05) is 10.9 Å². The molecule has 0 saturated carbocycles. The molecule has 6 nitrogen and oxygen atoms in total. The van der Waals surface area contributed by atoms with Crippen molar-refractivity contribution in [2.45, 2.75) is 6.54 Å². The molecule has 0 saturated heterocycles. The number of methoxy groups -OCH3 is 1. The van der Waals surface area contributed by atoms with E-state index in [4.69, 9.17) is 9.15 Å². The molecule has 0 bridgehead atoms. The van der Waals surface area contributed by atoms with E-state index in [9.17, 15) is 9.59 Å². The quantitative estimate of drug-likeness (QED) is 0.536. The number of ether oxygens (including phenoxy) is 1. The Hall–Kier alpha value is -3.41. The van der Waals surface area contributed by atoms with Gasteiger partial charge < -0.3 is 9.15 Å². The van der Waals surface area contributed by atoms with E-state index in [1.165, 1.54) is 10.9 Å². The largest absolute Gasteiger partial charge is 0.497 e. The van der Waals surface area contributed by atoms with Gasteiger partial charge in [-0.05, 0) is 36.4 Å². The molecule has 0 atom stereocenters. The first-order valence-electron chi connectivity index (χ1n) is 7.71. The third-order valence-corrected chi connectivity index (χ3v) is 4.08. The van der Waals surface area contributed by atoms with Gasteiger partial charge in [0.25, 0.3) is 5.56 Å². The first-order valence-corrected chi connectivity index (χ1v) is 7.71.